The molecule has 18 heavy (non-hydrogen) atoms. The van der Waals surface area contributed by atoms with Crippen molar-refractivity contribution in [3.63, 3.8) is 0 Å². The minimum atomic E-state index is -0.815. The molecule has 1 aliphatic rings. The maximum Gasteiger partial charge on any atom is 0.315 e. The number of carbonyl (C=O) groups is 2. The first-order valence-corrected chi connectivity index (χ1v) is 6.54. The van der Waals surface area contributed by atoms with Gasteiger partial charge in [-0.1, -0.05) is 12.8 Å². The number of carboxylic acid groups (broad SMARTS) is 1. The van der Waals surface area contributed by atoms with Gasteiger partial charge in [0.25, 0.3) is 0 Å². The Kier molecular flexibility index (Phi) is 6.49. The van der Waals surface area contributed by atoms with E-state index in [1.807, 2.05) is 0 Å². The van der Waals surface area contributed by atoms with Crippen molar-refractivity contribution in [2.75, 3.05) is 6.54 Å². The van der Waals surface area contributed by atoms with Gasteiger partial charge in [0, 0.05) is 13.0 Å². The predicted octanol–water partition coefficient (Wildman–Crippen LogP) is 0.844. The van der Waals surface area contributed by atoms with Crippen LogP contribution in [-0.2, 0) is 4.79 Å². The standard InChI is InChI=1S/C12H22N2O4/c15-10-6-2-1-5-9(10)14-12(18)13-8-4-3-7-11(16)17/h9-10,15H,1-8H2,(H,16,17)(H2,13,14,18). The van der Waals surface area contributed by atoms with E-state index in [-0.39, 0.29) is 18.5 Å². The Hall–Kier alpha value is -1.30. The van der Waals surface area contributed by atoms with Crippen LogP contribution in [0.25, 0.3) is 0 Å². The third kappa shape index (κ3) is 5.86. The van der Waals surface area contributed by atoms with Gasteiger partial charge in [0.1, 0.15) is 0 Å². The van der Waals surface area contributed by atoms with Gasteiger partial charge in [-0.15, -0.1) is 0 Å². The molecular weight excluding hydrogens is 236 g/mol. The van der Waals surface area contributed by atoms with E-state index in [9.17, 15) is 14.7 Å². The van der Waals surface area contributed by atoms with Gasteiger partial charge in [0.2, 0.25) is 0 Å². The van der Waals surface area contributed by atoms with Crippen LogP contribution in [0.3, 0.4) is 0 Å². The first kappa shape index (κ1) is 14.8. The number of hydrogen-bond donors (Lipinski definition) is 4. The normalized spacial score (nSPS) is 23.4. The number of aliphatic hydroxyl groups is 1. The summed E-state index contributed by atoms with van der Waals surface area (Å²) in [6.45, 7) is 0.460. The van der Waals surface area contributed by atoms with Gasteiger partial charge in [0.15, 0.2) is 0 Å². The van der Waals surface area contributed by atoms with Crippen molar-refractivity contribution in [1.29, 1.82) is 0 Å². The SMILES string of the molecule is O=C(O)CCCCNC(=O)NC1CCCCC1O. The zero-order valence-corrected chi connectivity index (χ0v) is 10.5. The van der Waals surface area contributed by atoms with E-state index in [1.54, 1.807) is 0 Å². The first-order valence-electron chi connectivity index (χ1n) is 6.54. The van der Waals surface area contributed by atoms with Crippen molar-refractivity contribution < 1.29 is 19.8 Å². The molecule has 2 atom stereocenters. The van der Waals surface area contributed by atoms with E-state index in [2.05, 4.69) is 10.6 Å². The smallest absolute Gasteiger partial charge is 0.315 e. The number of carboxylic acids is 1. The number of aliphatic hydroxyl groups excluding tert-OH is 1. The van der Waals surface area contributed by atoms with Crippen LogP contribution >= 0.6 is 0 Å². The van der Waals surface area contributed by atoms with E-state index >= 15 is 0 Å². The van der Waals surface area contributed by atoms with Crippen molar-refractivity contribution in [2.24, 2.45) is 0 Å². The quantitative estimate of drug-likeness (QED) is 0.531. The lowest BCUT2D eigenvalue weighted by Crippen LogP contribution is -2.49. The van der Waals surface area contributed by atoms with Crippen molar-refractivity contribution in [3.8, 4) is 0 Å². The van der Waals surface area contributed by atoms with Crippen LogP contribution in [0.1, 0.15) is 44.9 Å². The van der Waals surface area contributed by atoms with Crippen LogP contribution in [0.5, 0.6) is 0 Å². The second-order valence-electron chi connectivity index (χ2n) is 4.71. The monoisotopic (exact) mass is 258 g/mol. The molecule has 0 aromatic heterocycles. The first-order chi connectivity index (χ1) is 8.59. The average molecular weight is 258 g/mol. The third-order valence-electron chi connectivity index (χ3n) is 3.15. The molecule has 0 aromatic rings. The van der Waals surface area contributed by atoms with Gasteiger partial charge in [-0.3, -0.25) is 4.79 Å². The Morgan fingerprint density at radius 1 is 1.17 bits per heavy atom. The van der Waals surface area contributed by atoms with Crippen molar-refractivity contribution >= 4 is 12.0 Å². The summed E-state index contributed by atoms with van der Waals surface area (Å²) in [6.07, 6.45) is 4.48. The lowest BCUT2D eigenvalue weighted by atomic mass is 9.93. The number of hydrogen-bond acceptors (Lipinski definition) is 3. The fourth-order valence-electron chi connectivity index (χ4n) is 2.10. The van der Waals surface area contributed by atoms with E-state index in [4.69, 9.17) is 5.11 Å². The summed E-state index contributed by atoms with van der Waals surface area (Å²) in [4.78, 5) is 21.8. The molecule has 0 radical (unpaired) electrons. The third-order valence-corrected chi connectivity index (χ3v) is 3.15. The maximum absolute atomic E-state index is 11.5. The second kappa shape index (κ2) is 7.92. The Labute approximate surface area is 107 Å². The van der Waals surface area contributed by atoms with Gasteiger partial charge < -0.3 is 20.8 Å². The molecule has 1 saturated carbocycles. The van der Waals surface area contributed by atoms with Crippen LogP contribution in [-0.4, -0.2) is 40.9 Å². The van der Waals surface area contributed by atoms with Crippen molar-refractivity contribution in [1.82, 2.24) is 10.6 Å². The summed E-state index contributed by atoms with van der Waals surface area (Å²) in [5.41, 5.74) is 0. The number of nitrogens with one attached hydrogen (secondary N) is 2. The molecular formula is C12H22N2O4. The number of amides is 2. The summed E-state index contributed by atoms with van der Waals surface area (Å²) in [5, 5.41) is 23.5. The topological polar surface area (TPSA) is 98.7 Å². The highest BCUT2D eigenvalue weighted by Crippen LogP contribution is 2.18. The molecule has 0 heterocycles. The molecule has 1 rings (SSSR count). The molecule has 1 aliphatic carbocycles. The number of aliphatic carboxylic acids is 1. The zero-order valence-electron chi connectivity index (χ0n) is 10.5. The number of rotatable bonds is 6. The summed E-state index contributed by atoms with van der Waals surface area (Å²) >= 11 is 0. The molecule has 2 unspecified atom stereocenters. The van der Waals surface area contributed by atoms with Crippen LogP contribution in [0.2, 0.25) is 0 Å². The number of urea groups is 1. The van der Waals surface area contributed by atoms with Crippen LogP contribution < -0.4 is 10.6 Å². The van der Waals surface area contributed by atoms with Gasteiger partial charge in [-0.2, -0.15) is 0 Å². The highest BCUT2D eigenvalue weighted by Gasteiger charge is 2.24. The summed E-state index contributed by atoms with van der Waals surface area (Å²) in [7, 11) is 0. The lowest BCUT2D eigenvalue weighted by Gasteiger charge is -2.28. The van der Waals surface area contributed by atoms with Crippen molar-refractivity contribution in [3.05, 3.63) is 0 Å². The van der Waals surface area contributed by atoms with E-state index in [0.29, 0.717) is 19.4 Å². The van der Waals surface area contributed by atoms with Crippen LogP contribution in [0.15, 0.2) is 0 Å². The fourth-order valence-corrected chi connectivity index (χ4v) is 2.10. The van der Waals surface area contributed by atoms with E-state index < -0.39 is 12.1 Å². The Balaban J connectivity index is 2.07. The molecule has 6 heteroatoms. The highest BCUT2D eigenvalue weighted by molar-refractivity contribution is 5.74. The summed E-state index contributed by atoms with van der Waals surface area (Å²) in [5.74, 6) is -0.815. The minimum absolute atomic E-state index is 0.130. The maximum atomic E-state index is 11.5. The molecule has 2 amide bonds. The molecule has 4 N–H and O–H groups in total. The van der Waals surface area contributed by atoms with E-state index in [0.717, 1.165) is 25.7 Å². The van der Waals surface area contributed by atoms with E-state index in [1.165, 1.54) is 0 Å². The molecule has 0 bridgehead atoms. The van der Waals surface area contributed by atoms with Crippen molar-refractivity contribution in [2.45, 2.75) is 57.1 Å². The minimum Gasteiger partial charge on any atom is -0.481 e. The fraction of sp³-hybridized carbons (Fsp3) is 0.833. The summed E-state index contributed by atoms with van der Waals surface area (Å²) in [6, 6.07) is -0.436. The molecule has 6 nitrogen and oxygen atoms in total. The summed E-state index contributed by atoms with van der Waals surface area (Å²) < 4.78 is 0. The largest absolute Gasteiger partial charge is 0.481 e. The molecule has 0 aromatic carbocycles. The zero-order chi connectivity index (χ0) is 13.4. The van der Waals surface area contributed by atoms with Gasteiger partial charge >= 0.3 is 12.0 Å². The van der Waals surface area contributed by atoms with Crippen LogP contribution in [0.4, 0.5) is 4.79 Å². The van der Waals surface area contributed by atoms with Gasteiger partial charge in [0.05, 0.1) is 12.1 Å². The Bertz CT molecular complexity index is 283. The highest BCUT2D eigenvalue weighted by atomic mass is 16.4. The van der Waals surface area contributed by atoms with Crippen LogP contribution in [0, 0.1) is 0 Å². The molecule has 0 spiro atoms. The number of carbonyl (C=O) groups excluding carboxylic acids is 1. The average Bonchev–Trinajstić information content (AvgIpc) is 2.31. The Morgan fingerprint density at radius 3 is 2.56 bits per heavy atom. The lowest BCUT2D eigenvalue weighted by molar-refractivity contribution is -0.137. The molecule has 1 fully saturated rings. The molecule has 0 saturated heterocycles. The van der Waals surface area contributed by atoms with Gasteiger partial charge in [-0.25, -0.2) is 4.79 Å². The van der Waals surface area contributed by atoms with Gasteiger partial charge in [-0.05, 0) is 25.7 Å². The second-order valence-corrected chi connectivity index (χ2v) is 4.71. The molecule has 0 aliphatic heterocycles. The Morgan fingerprint density at radius 2 is 1.89 bits per heavy atom. The number of unbranched alkanes of at least 4 members (excludes halogenated alkanes) is 1. The molecule has 104 valence electrons. The predicted molar refractivity (Wildman–Crippen MR) is 66.3 cm³/mol.